The van der Waals surface area contributed by atoms with Crippen molar-refractivity contribution in [3.05, 3.63) is 75.0 Å². The first-order chi connectivity index (χ1) is 20.4. The van der Waals surface area contributed by atoms with Crippen LogP contribution in [-0.2, 0) is 24.3 Å². The first kappa shape index (κ1) is 28.4. The molecule has 10 nitrogen and oxygen atoms in total. The van der Waals surface area contributed by atoms with Crippen LogP contribution in [-0.4, -0.2) is 49.4 Å². The summed E-state index contributed by atoms with van der Waals surface area (Å²) in [5.74, 6) is 2.27. The highest BCUT2D eigenvalue weighted by atomic mass is 127. The maximum atomic E-state index is 11.6. The van der Waals surface area contributed by atoms with Gasteiger partial charge < -0.3 is 23.9 Å². The van der Waals surface area contributed by atoms with Gasteiger partial charge in [0.25, 0.3) is 0 Å². The van der Waals surface area contributed by atoms with Crippen molar-refractivity contribution in [1.82, 2.24) is 19.5 Å². The first-order valence-electron chi connectivity index (χ1n) is 14.1. The molecule has 1 N–H and O–H groups in total. The third kappa shape index (κ3) is 6.50. The van der Waals surface area contributed by atoms with Gasteiger partial charge in [0.15, 0.2) is 5.82 Å². The second-order valence-corrected chi connectivity index (χ2v) is 11.9. The van der Waals surface area contributed by atoms with Crippen LogP contribution in [0.4, 0.5) is 0 Å². The van der Waals surface area contributed by atoms with Crippen LogP contribution in [0.15, 0.2) is 48.7 Å². The highest BCUT2D eigenvalue weighted by molar-refractivity contribution is 14.1. The predicted octanol–water partition coefficient (Wildman–Crippen LogP) is 5.55. The number of ether oxygens (including phenoxy) is 3. The van der Waals surface area contributed by atoms with Crippen LogP contribution in [0.25, 0.3) is 11.0 Å². The third-order valence-electron chi connectivity index (χ3n) is 7.90. The zero-order valence-electron chi connectivity index (χ0n) is 22.9. The number of aromatic carboxylic acids is 1. The molecule has 1 aliphatic heterocycles. The lowest BCUT2D eigenvalue weighted by atomic mass is 9.85. The highest BCUT2D eigenvalue weighted by Crippen LogP contribution is 2.31. The zero-order valence-corrected chi connectivity index (χ0v) is 25.1. The highest BCUT2D eigenvalue weighted by Gasteiger charge is 2.27. The molecule has 0 unspecified atom stereocenters. The fourth-order valence-corrected chi connectivity index (χ4v) is 6.20. The SMILES string of the molecule is N#Cc1ccc(OCc2nccc(OC3CCC(Cc4nc5ccc(C(=O)O)cc5n4C[C@@H]4CCO4)CC3)n2)c(I)c1. The summed E-state index contributed by atoms with van der Waals surface area (Å²) >= 11 is 2.15. The van der Waals surface area contributed by atoms with E-state index in [4.69, 9.17) is 24.5 Å². The molecule has 1 saturated heterocycles. The van der Waals surface area contributed by atoms with Crippen molar-refractivity contribution in [1.29, 1.82) is 5.26 Å². The molecule has 11 heteroatoms. The van der Waals surface area contributed by atoms with E-state index in [1.807, 2.05) is 0 Å². The quantitative estimate of drug-likeness (QED) is 0.214. The van der Waals surface area contributed by atoms with Crippen LogP contribution >= 0.6 is 22.6 Å². The van der Waals surface area contributed by atoms with Gasteiger partial charge in [0.1, 0.15) is 24.3 Å². The largest absolute Gasteiger partial charge is 0.484 e. The Labute approximate surface area is 256 Å². The molecule has 3 heterocycles. The first-order valence-corrected chi connectivity index (χ1v) is 15.2. The summed E-state index contributed by atoms with van der Waals surface area (Å²) in [4.78, 5) is 25.4. The molecule has 2 aromatic carbocycles. The van der Waals surface area contributed by atoms with Crippen molar-refractivity contribution in [3.8, 4) is 17.7 Å². The lowest BCUT2D eigenvalue weighted by molar-refractivity contribution is -0.0590. The van der Waals surface area contributed by atoms with Gasteiger partial charge >= 0.3 is 5.97 Å². The Hall–Kier alpha value is -3.76. The molecule has 0 amide bonds. The molecule has 0 bridgehead atoms. The molecule has 6 rings (SSSR count). The van der Waals surface area contributed by atoms with Crippen molar-refractivity contribution in [2.75, 3.05) is 6.61 Å². The van der Waals surface area contributed by atoms with E-state index in [-0.39, 0.29) is 24.4 Å². The third-order valence-corrected chi connectivity index (χ3v) is 8.75. The van der Waals surface area contributed by atoms with E-state index >= 15 is 0 Å². The number of rotatable bonds is 10. The Bertz CT molecular complexity index is 1640. The van der Waals surface area contributed by atoms with Crippen molar-refractivity contribution < 1.29 is 24.1 Å². The Morgan fingerprint density at radius 3 is 2.67 bits per heavy atom. The monoisotopic (exact) mass is 679 g/mol. The summed E-state index contributed by atoms with van der Waals surface area (Å²) in [5.41, 5.74) is 2.54. The van der Waals surface area contributed by atoms with Gasteiger partial charge in [-0.2, -0.15) is 10.2 Å². The Morgan fingerprint density at radius 2 is 1.95 bits per heavy atom. The molecule has 2 aliphatic rings. The Kier molecular flexibility index (Phi) is 8.53. The fourth-order valence-electron chi connectivity index (χ4n) is 5.53. The van der Waals surface area contributed by atoms with Crippen LogP contribution in [0.1, 0.15) is 59.7 Å². The number of halogens is 1. The maximum Gasteiger partial charge on any atom is 0.335 e. The number of hydrogen-bond acceptors (Lipinski definition) is 8. The molecule has 216 valence electrons. The van der Waals surface area contributed by atoms with Gasteiger partial charge in [-0.25, -0.2) is 14.8 Å². The summed E-state index contributed by atoms with van der Waals surface area (Å²) in [5, 5.41) is 18.6. The van der Waals surface area contributed by atoms with E-state index in [1.165, 1.54) is 0 Å². The van der Waals surface area contributed by atoms with E-state index in [9.17, 15) is 9.90 Å². The molecule has 1 atom stereocenters. The van der Waals surface area contributed by atoms with Crippen molar-refractivity contribution in [2.45, 2.75) is 63.9 Å². The molecule has 0 spiro atoms. The summed E-state index contributed by atoms with van der Waals surface area (Å²) in [6.45, 7) is 1.67. The number of imidazole rings is 1. The fraction of sp³-hybridized carbons (Fsp3) is 0.387. The molecule has 2 fully saturated rings. The molecule has 4 aromatic rings. The number of carboxylic acids is 1. The second-order valence-electron chi connectivity index (χ2n) is 10.8. The van der Waals surface area contributed by atoms with E-state index in [0.29, 0.717) is 35.5 Å². The van der Waals surface area contributed by atoms with E-state index in [2.05, 4.69) is 43.2 Å². The number of carboxylic acid groups (broad SMARTS) is 1. The summed E-state index contributed by atoms with van der Waals surface area (Å²) in [6, 6.07) is 14.3. The van der Waals surface area contributed by atoms with Crippen LogP contribution < -0.4 is 9.47 Å². The van der Waals surface area contributed by atoms with Gasteiger partial charge in [-0.3, -0.25) is 0 Å². The summed E-state index contributed by atoms with van der Waals surface area (Å²) < 4.78 is 20.8. The lowest BCUT2D eigenvalue weighted by Gasteiger charge is -2.30. The number of hydrogen-bond donors (Lipinski definition) is 1. The predicted molar refractivity (Wildman–Crippen MR) is 161 cm³/mol. The number of aromatic nitrogens is 4. The average Bonchev–Trinajstić information content (AvgIpc) is 3.31. The topological polar surface area (TPSA) is 132 Å². The number of benzene rings is 2. The van der Waals surface area contributed by atoms with Gasteiger partial charge in [-0.05, 0) is 97.0 Å². The number of nitrogens with zero attached hydrogens (tertiary/aromatic N) is 5. The molecular formula is C31H30IN5O5. The van der Waals surface area contributed by atoms with Gasteiger partial charge in [-0.1, -0.05) is 0 Å². The van der Waals surface area contributed by atoms with E-state index in [1.54, 1.807) is 48.7 Å². The van der Waals surface area contributed by atoms with Gasteiger partial charge in [-0.15, -0.1) is 0 Å². The molecule has 0 radical (unpaired) electrons. The number of fused-ring (bicyclic) bond motifs is 1. The van der Waals surface area contributed by atoms with Gasteiger partial charge in [0, 0.05) is 25.3 Å². The Balaban J connectivity index is 1.06. The van der Waals surface area contributed by atoms with E-state index in [0.717, 1.165) is 65.6 Å². The van der Waals surface area contributed by atoms with Crippen LogP contribution in [0.3, 0.4) is 0 Å². The average molecular weight is 680 g/mol. The Morgan fingerprint density at radius 1 is 1.12 bits per heavy atom. The normalized spacial score (nSPS) is 20.0. The van der Waals surface area contributed by atoms with Crippen LogP contribution in [0.5, 0.6) is 11.6 Å². The molecule has 42 heavy (non-hydrogen) atoms. The number of nitriles is 1. The molecule has 1 aliphatic carbocycles. The summed E-state index contributed by atoms with van der Waals surface area (Å²) in [7, 11) is 0. The molecule has 1 saturated carbocycles. The minimum atomic E-state index is -0.936. The van der Waals surface area contributed by atoms with Crippen molar-refractivity contribution in [2.24, 2.45) is 5.92 Å². The minimum Gasteiger partial charge on any atom is -0.484 e. The second kappa shape index (κ2) is 12.6. The molecular weight excluding hydrogens is 649 g/mol. The van der Waals surface area contributed by atoms with Gasteiger partial charge in [0.2, 0.25) is 5.88 Å². The zero-order chi connectivity index (χ0) is 29.1. The van der Waals surface area contributed by atoms with Crippen molar-refractivity contribution >= 4 is 39.6 Å². The number of carbonyl (C=O) groups is 1. The standard InChI is InChI=1S/C31H30IN5O5/c32-24-13-20(16-33)3-8-27(24)41-18-28-34-11-9-30(36-28)42-22-5-1-19(2-6-22)14-29-35-25-7-4-21(31(38)39)15-26(25)37(29)17-23-10-12-40-23/h3-4,7-9,11,13,15,19,22-23H,1-2,5-6,10,12,14,17-18H2,(H,38,39)/t19?,22?,23-/m0/s1. The van der Waals surface area contributed by atoms with Crippen LogP contribution in [0.2, 0.25) is 0 Å². The minimum absolute atomic E-state index is 0.0738. The van der Waals surface area contributed by atoms with Gasteiger partial charge in [0.05, 0.1) is 44.4 Å². The van der Waals surface area contributed by atoms with Crippen LogP contribution in [0, 0.1) is 20.8 Å². The maximum absolute atomic E-state index is 11.6. The summed E-state index contributed by atoms with van der Waals surface area (Å²) in [6.07, 6.45) is 7.59. The van der Waals surface area contributed by atoms with Crippen molar-refractivity contribution in [3.63, 3.8) is 0 Å². The van der Waals surface area contributed by atoms with E-state index < -0.39 is 5.97 Å². The smallest absolute Gasteiger partial charge is 0.335 e. The lowest BCUT2D eigenvalue weighted by Crippen LogP contribution is -2.32. The molecule has 2 aromatic heterocycles.